The van der Waals surface area contributed by atoms with Crippen LogP contribution >= 0.6 is 11.3 Å². The topological polar surface area (TPSA) is 58.6 Å². The SMILES string of the molecule is COC(=O)c1c(NC(=O)CN2CCCC(C)C2)sc2c1CCCC2. The highest BCUT2D eigenvalue weighted by molar-refractivity contribution is 7.17. The highest BCUT2D eigenvalue weighted by Gasteiger charge is 2.27. The Morgan fingerprint density at radius 3 is 2.83 bits per heavy atom. The van der Waals surface area contributed by atoms with Gasteiger partial charge in [0, 0.05) is 11.4 Å². The van der Waals surface area contributed by atoms with Crippen LogP contribution in [0.2, 0.25) is 0 Å². The standard InChI is InChI=1S/C18H26N2O3S/c1-12-6-5-9-20(10-12)11-15(21)19-17-16(18(22)23-2)13-7-3-4-8-14(13)24-17/h12H,3-11H2,1-2H3,(H,19,21). The number of carbonyl (C=O) groups is 2. The van der Waals surface area contributed by atoms with E-state index in [0.29, 0.717) is 23.0 Å². The summed E-state index contributed by atoms with van der Waals surface area (Å²) in [5.41, 5.74) is 1.66. The smallest absolute Gasteiger partial charge is 0.341 e. The number of rotatable bonds is 4. The van der Waals surface area contributed by atoms with Crippen molar-refractivity contribution >= 4 is 28.2 Å². The maximum atomic E-state index is 12.5. The molecule has 2 heterocycles. The van der Waals surface area contributed by atoms with E-state index in [0.717, 1.165) is 50.8 Å². The predicted molar refractivity (Wildman–Crippen MR) is 95.8 cm³/mol. The van der Waals surface area contributed by atoms with E-state index in [1.54, 1.807) is 11.3 Å². The monoisotopic (exact) mass is 350 g/mol. The molecule has 1 aromatic heterocycles. The first-order valence-electron chi connectivity index (χ1n) is 8.83. The number of likely N-dealkylation sites (tertiary alicyclic amines) is 1. The van der Waals surface area contributed by atoms with Gasteiger partial charge in [-0.3, -0.25) is 9.69 Å². The number of carbonyl (C=O) groups excluding carboxylic acids is 2. The van der Waals surface area contributed by atoms with Gasteiger partial charge in [-0.2, -0.15) is 0 Å². The number of piperidine rings is 1. The molecule has 24 heavy (non-hydrogen) atoms. The Kier molecular flexibility index (Phi) is 5.56. The van der Waals surface area contributed by atoms with Crippen LogP contribution in [0.5, 0.6) is 0 Å². The van der Waals surface area contributed by atoms with Gasteiger partial charge in [-0.25, -0.2) is 4.79 Å². The predicted octanol–water partition coefficient (Wildman–Crippen LogP) is 3.08. The fraction of sp³-hybridized carbons (Fsp3) is 0.667. The van der Waals surface area contributed by atoms with Gasteiger partial charge in [-0.05, 0) is 56.6 Å². The molecule has 0 saturated carbocycles. The first kappa shape index (κ1) is 17.4. The molecular weight excluding hydrogens is 324 g/mol. The summed E-state index contributed by atoms with van der Waals surface area (Å²) in [6.07, 6.45) is 6.51. The fourth-order valence-electron chi connectivity index (χ4n) is 3.77. The van der Waals surface area contributed by atoms with E-state index >= 15 is 0 Å². The van der Waals surface area contributed by atoms with Crippen LogP contribution in [0.15, 0.2) is 0 Å². The molecule has 6 heteroatoms. The van der Waals surface area contributed by atoms with Gasteiger partial charge in [0.1, 0.15) is 5.00 Å². The van der Waals surface area contributed by atoms with Gasteiger partial charge in [0.05, 0.1) is 19.2 Å². The Labute approximate surface area is 147 Å². The number of nitrogens with zero attached hydrogens (tertiary/aromatic N) is 1. The summed E-state index contributed by atoms with van der Waals surface area (Å²) in [6.45, 7) is 4.57. The molecule has 132 valence electrons. The second kappa shape index (κ2) is 7.66. The Morgan fingerprint density at radius 1 is 1.29 bits per heavy atom. The Bertz CT molecular complexity index is 626. The zero-order valence-corrected chi connectivity index (χ0v) is 15.3. The highest BCUT2D eigenvalue weighted by atomic mass is 32.1. The largest absolute Gasteiger partial charge is 0.465 e. The lowest BCUT2D eigenvalue weighted by atomic mass is 9.95. The van der Waals surface area contributed by atoms with Gasteiger partial charge in [0.15, 0.2) is 0 Å². The van der Waals surface area contributed by atoms with Crippen LogP contribution in [-0.4, -0.2) is 43.5 Å². The molecule has 0 radical (unpaired) electrons. The molecule has 1 aliphatic carbocycles. The van der Waals surface area contributed by atoms with E-state index in [1.165, 1.54) is 18.4 Å². The normalized spacial score (nSPS) is 21.2. The van der Waals surface area contributed by atoms with E-state index < -0.39 is 0 Å². The number of ether oxygens (including phenoxy) is 1. The maximum Gasteiger partial charge on any atom is 0.341 e. The number of aryl methyl sites for hydroxylation is 1. The molecule has 2 aliphatic rings. The van der Waals surface area contributed by atoms with E-state index in [4.69, 9.17) is 4.74 Å². The van der Waals surface area contributed by atoms with Gasteiger partial charge in [0.25, 0.3) is 0 Å². The quantitative estimate of drug-likeness (QED) is 0.848. The number of methoxy groups -OCH3 is 1. The summed E-state index contributed by atoms with van der Waals surface area (Å²) in [5.74, 6) is 0.273. The van der Waals surface area contributed by atoms with Crippen molar-refractivity contribution in [2.24, 2.45) is 5.92 Å². The third kappa shape index (κ3) is 3.81. The molecule has 1 saturated heterocycles. The van der Waals surface area contributed by atoms with Crippen LogP contribution < -0.4 is 5.32 Å². The molecule has 0 aromatic carbocycles. The zero-order valence-electron chi connectivity index (χ0n) is 14.5. The van der Waals surface area contributed by atoms with E-state index in [9.17, 15) is 9.59 Å². The summed E-state index contributed by atoms with van der Waals surface area (Å²) in [6, 6.07) is 0. The van der Waals surface area contributed by atoms with Crippen LogP contribution in [0.1, 0.15) is 53.4 Å². The molecule has 3 rings (SSSR count). The maximum absolute atomic E-state index is 12.5. The number of hydrogen-bond donors (Lipinski definition) is 1. The molecule has 0 bridgehead atoms. The molecule has 1 fully saturated rings. The zero-order chi connectivity index (χ0) is 17.1. The minimum atomic E-state index is -0.337. The Balaban J connectivity index is 1.73. The number of esters is 1. The minimum absolute atomic E-state index is 0.0344. The molecule has 1 amide bonds. The molecule has 1 unspecified atom stereocenters. The molecule has 1 atom stereocenters. The third-order valence-corrected chi connectivity index (χ3v) is 6.13. The van der Waals surface area contributed by atoms with Crippen LogP contribution in [0, 0.1) is 5.92 Å². The van der Waals surface area contributed by atoms with Crippen molar-refractivity contribution < 1.29 is 14.3 Å². The first-order valence-corrected chi connectivity index (χ1v) is 9.65. The molecular formula is C18H26N2O3S. The summed E-state index contributed by atoms with van der Waals surface area (Å²) in [5, 5.41) is 3.65. The summed E-state index contributed by atoms with van der Waals surface area (Å²) < 4.78 is 4.95. The lowest BCUT2D eigenvalue weighted by Crippen LogP contribution is -2.39. The Morgan fingerprint density at radius 2 is 2.08 bits per heavy atom. The van der Waals surface area contributed by atoms with Crippen LogP contribution in [0.25, 0.3) is 0 Å². The van der Waals surface area contributed by atoms with Crippen LogP contribution in [0.3, 0.4) is 0 Å². The second-order valence-corrected chi connectivity index (χ2v) is 8.04. The average molecular weight is 350 g/mol. The first-order chi connectivity index (χ1) is 11.6. The van der Waals surface area contributed by atoms with E-state index in [-0.39, 0.29) is 11.9 Å². The summed E-state index contributed by atoms with van der Waals surface area (Å²) in [7, 11) is 1.40. The van der Waals surface area contributed by atoms with Crippen molar-refractivity contribution in [1.82, 2.24) is 4.90 Å². The van der Waals surface area contributed by atoms with Crippen molar-refractivity contribution in [3.63, 3.8) is 0 Å². The summed E-state index contributed by atoms with van der Waals surface area (Å²) >= 11 is 1.55. The Hall–Kier alpha value is -1.40. The van der Waals surface area contributed by atoms with Crippen molar-refractivity contribution in [2.45, 2.75) is 45.4 Å². The molecule has 1 aliphatic heterocycles. The number of anilines is 1. The molecule has 0 spiro atoms. The number of fused-ring (bicyclic) bond motifs is 1. The fourth-order valence-corrected chi connectivity index (χ4v) is 5.07. The van der Waals surface area contributed by atoms with Gasteiger partial charge < -0.3 is 10.1 Å². The minimum Gasteiger partial charge on any atom is -0.465 e. The summed E-state index contributed by atoms with van der Waals surface area (Å²) in [4.78, 5) is 28.1. The molecule has 1 N–H and O–H groups in total. The molecule has 5 nitrogen and oxygen atoms in total. The number of thiophene rings is 1. The van der Waals surface area contributed by atoms with Crippen molar-refractivity contribution in [3.05, 3.63) is 16.0 Å². The third-order valence-electron chi connectivity index (χ3n) is 4.92. The van der Waals surface area contributed by atoms with Crippen molar-refractivity contribution in [1.29, 1.82) is 0 Å². The second-order valence-electron chi connectivity index (χ2n) is 6.94. The van der Waals surface area contributed by atoms with Crippen LogP contribution in [-0.2, 0) is 22.4 Å². The van der Waals surface area contributed by atoms with Gasteiger partial charge in [0.2, 0.25) is 5.91 Å². The lowest BCUT2D eigenvalue weighted by molar-refractivity contribution is -0.117. The van der Waals surface area contributed by atoms with Crippen molar-refractivity contribution in [3.8, 4) is 0 Å². The lowest BCUT2D eigenvalue weighted by Gasteiger charge is -2.30. The number of hydrogen-bond acceptors (Lipinski definition) is 5. The van der Waals surface area contributed by atoms with Gasteiger partial charge in [-0.15, -0.1) is 11.3 Å². The highest BCUT2D eigenvalue weighted by Crippen LogP contribution is 2.38. The van der Waals surface area contributed by atoms with Crippen LogP contribution in [0.4, 0.5) is 5.00 Å². The number of amides is 1. The molecule has 1 aromatic rings. The van der Waals surface area contributed by atoms with E-state index in [1.807, 2.05) is 0 Å². The van der Waals surface area contributed by atoms with Gasteiger partial charge >= 0.3 is 5.97 Å². The number of nitrogens with one attached hydrogen (secondary N) is 1. The average Bonchev–Trinajstić information content (AvgIpc) is 2.91. The van der Waals surface area contributed by atoms with Gasteiger partial charge in [-0.1, -0.05) is 6.92 Å². The van der Waals surface area contributed by atoms with E-state index in [2.05, 4.69) is 17.1 Å². The van der Waals surface area contributed by atoms with Crippen molar-refractivity contribution in [2.75, 3.05) is 32.1 Å².